The van der Waals surface area contributed by atoms with Gasteiger partial charge in [-0.15, -0.1) is 11.8 Å². The van der Waals surface area contributed by atoms with Crippen LogP contribution in [-0.4, -0.2) is 20.4 Å². The van der Waals surface area contributed by atoms with Crippen LogP contribution in [-0.2, 0) is 16.1 Å². The number of hydrogen-bond acceptors (Lipinski definition) is 4. The van der Waals surface area contributed by atoms with E-state index in [1.165, 1.54) is 17.8 Å². The van der Waals surface area contributed by atoms with Gasteiger partial charge in [0.2, 0.25) is 5.91 Å². The maximum absolute atomic E-state index is 11.2. The molecule has 16 heavy (non-hydrogen) atoms. The smallest absolute Gasteiger partial charge is 0.234 e. The van der Waals surface area contributed by atoms with Gasteiger partial charge in [-0.05, 0) is 12.1 Å². The van der Waals surface area contributed by atoms with Gasteiger partial charge in [-0.3, -0.25) is 9.00 Å². The van der Waals surface area contributed by atoms with Crippen LogP contribution in [0.3, 0.4) is 0 Å². The number of halogens is 1. The molecule has 0 saturated carbocycles. The van der Waals surface area contributed by atoms with Gasteiger partial charge in [0, 0.05) is 16.3 Å². The molecule has 1 unspecified atom stereocenters. The second-order valence-corrected chi connectivity index (χ2v) is 5.10. The van der Waals surface area contributed by atoms with Crippen LogP contribution in [0.25, 0.3) is 0 Å². The predicted octanol–water partition coefficient (Wildman–Crippen LogP) is 1.59. The summed E-state index contributed by atoms with van der Waals surface area (Å²) in [5, 5.41) is 2.99. The second kappa shape index (κ2) is 4.62. The molecule has 0 spiro atoms. The van der Waals surface area contributed by atoms with Gasteiger partial charge in [-0.2, -0.15) is 0 Å². The van der Waals surface area contributed by atoms with E-state index in [0.29, 0.717) is 21.3 Å². The van der Waals surface area contributed by atoms with E-state index in [-0.39, 0.29) is 11.7 Å². The van der Waals surface area contributed by atoms with Crippen LogP contribution in [0.1, 0.15) is 0 Å². The highest BCUT2D eigenvalue weighted by Crippen LogP contribution is 2.40. The van der Waals surface area contributed by atoms with Crippen molar-refractivity contribution in [2.45, 2.75) is 4.90 Å². The SMILES string of the molecule is O=C1CSc2c(cc(Cl)cc2NS(=O)[O-])N1. The highest BCUT2D eigenvalue weighted by atomic mass is 35.5. The molecule has 0 fully saturated rings. The van der Waals surface area contributed by atoms with Gasteiger partial charge in [0.1, 0.15) is 0 Å². The summed E-state index contributed by atoms with van der Waals surface area (Å²) in [7, 11) is 0. The Morgan fingerprint density at radius 3 is 3.00 bits per heavy atom. The van der Waals surface area contributed by atoms with Crippen molar-refractivity contribution >= 4 is 51.9 Å². The summed E-state index contributed by atoms with van der Waals surface area (Å²) in [6.07, 6.45) is 0. The predicted molar refractivity (Wildman–Crippen MR) is 63.3 cm³/mol. The lowest BCUT2D eigenvalue weighted by Crippen LogP contribution is -2.19. The van der Waals surface area contributed by atoms with Gasteiger partial charge in [-0.1, -0.05) is 11.6 Å². The van der Waals surface area contributed by atoms with Gasteiger partial charge in [0.25, 0.3) is 0 Å². The Labute approximate surface area is 103 Å². The van der Waals surface area contributed by atoms with Crippen LogP contribution in [0, 0.1) is 0 Å². The molecule has 2 N–H and O–H groups in total. The third-order valence-electron chi connectivity index (χ3n) is 1.87. The molecule has 0 bridgehead atoms. The zero-order valence-corrected chi connectivity index (χ0v) is 10.2. The fraction of sp³-hybridized carbons (Fsp3) is 0.125. The van der Waals surface area contributed by atoms with Crippen molar-refractivity contribution in [3.63, 3.8) is 0 Å². The van der Waals surface area contributed by atoms with E-state index in [2.05, 4.69) is 10.0 Å². The molecule has 0 radical (unpaired) electrons. The Morgan fingerprint density at radius 1 is 1.56 bits per heavy atom. The first-order chi connectivity index (χ1) is 7.56. The molecule has 1 aliphatic rings. The molecule has 2 rings (SSSR count). The van der Waals surface area contributed by atoms with Crippen LogP contribution in [0.2, 0.25) is 5.02 Å². The molecule has 1 amide bonds. The Morgan fingerprint density at radius 2 is 2.31 bits per heavy atom. The monoisotopic (exact) mass is 277 g/mol. The summed E-state index contributed by atoms with van der Waals surface area (Å²) < 4.78 is 23.4. The molecular formula is C8H6ClN2O3S2-. The molecule has 86 valence electrons. The molecule has 8 heteroatoms. The fourth-order valence-corrected chi connectivity index (χ4v) is 2.83. The quantitative estimate of drug-likeness (QED) is 0.805. The summed E-state index contributed by atoms with van der Waals surface area (Å²) in [6, 6.07) is 3.08. The molecule has 1 aromatic rings. The third-order valence-corrected chi connectivity index (χ3v) is 3.61. The van der Waals surface area contributed by atoms with Crippen LogP contribution < -0.4 is 10.0 Å². The number of carbonyl (C=O) groups excluding carboxylic acids is 1. The summed E-state index contributed by atoms with van der Waals surface area (Å²) in [6.45, 7) is 0. The largest absolute Gasteiger partial charge is 0.755 e. The Bertz CT molecular complexity index is 481. The van der Waals surface area contributed by atoms with E-state index in [0.717, 1.165) is 0 Å². The standard InChI is InChI=1S/C8H7ClN2O3S2/c9-4-1-5-8(15-3-7(12)10-5)6(2-4)11-16(13)14/h1-2,11H,3H2,(H,10,12)(H,13,14)/p-1. The van der Waals surface area contributed by atoms with Crippen LogP contribution in [0.5, 0.6) is 0 Å². The van der Waals surface area contributed by atoms with Crippen molar-refractivity contribution < 1.29 is 13.6 Å². The van der Waals surface area contributed by atoms with E-state index in [4.69, 9.17) is 11.6 Å². The number of anilines is 2. The topological polar surface area (TPSA) is 81.3 Å². The van der Waals surface area contributed by atoms with Crippen molar-refractivity contribution in [3.05, 3.63) is 17.2 Å². The van der Waals surface area contributed by atoms with E-state index in [9.17, 15) is 13.6 Å². The van der Waals surface area contributed by atoms with Crippen LogP contribution in [0.15, 0.2) is 17.0 Å². The minimum absolute atomic E-state index is 0.131. The number of nitrogens with one attached hydrogen (secondary N) is 2. The molecule has 1 atom stereocenters. The number of thioether (sulfide) groups is 1. The number of carbonyl (C=O) groups is 1. The van der Waals surface area contributed by atoms with Crippen LogP contribution in [0.4, 0.5) is 11.4 Å². The van der Waals surface area contributed by atoms with Gasteiger partial charge in [0.05, 0.1) is 22.0 Å². The lowest BCUT2D eigenvalue weighted by molar-refractivity contribution is -0.113. The Kier molecular flexibility index (Phi) is 3.38. The van der Waals surface area contributed by atoms with Crippen molar-refractivity contribution in [1.82, 2.24) is 0 Å². The van der Waals surface area contributed by atoms with Crippen molar-refractivity contribution in [3.8, 4) is 0 Å². The first-order valence-corrected chi connectivity index (χ1v) is 6.62. The first kappa shape index (κ1) is 11.7. The van der Waals surface area contributed by atoms with Gasteiger partial charge in [0.15, 0.2) is 0 Å². The minimum atomic E-state index is -2.42. The van der Waals surface area contributed by atoms with E-state index in [1.54, 1.807) is 6.07 Å². The number of hydrogen-bond donors (Lipinski definition) is 2. The van der Waals surface area contributed by atoms with E-state index >= 15 is 0 Å². The molecule has 1 aliphatic heterocycles. The number of benzene rings is 1. The minimum Gasteiger partial charge on any atom is -0.755 e. The molecular weight excluding hydrogens is 272 g/mol. The first-order valence-electron chi connectivity index (χ1n) is 4.18. The van der Waals surface area contributed by atoms with E-state index < -0.39 is 11.3 Å². The highest BCUT2D eigenvalue weighted by Gasteiger charge is 2.19. The lowest BCUT2D eigenvalue weighted by atomic mass is 10.2. The Balaban J connectivity index is 2.45. The average molecular weight is 278 g/mol. The molecule has 1 heterocycles. The van der Waals surface area contributed by atoms with Crippen molar-refractivity contribution in [2.24, 2.45) is 0 Å². The molecule has 0 aliphatic carbocycles. The summed E-state index contributed by atoms with van der Waals surface area (Å²) in [5.41, 5.74) is 0.905. The fourth-order valence-electron chi connectivity index (χ4n) is 1.33. The average Bonchev–Trinajstić information content (AvgIpc) is 2.15. The second-order valence-electron chi connectivity index (χ2n) is 3.00. The molecule has 0 aromatic heterocycles. The van der Waals surface area contributed by atoms with Gasteiger partial charge >= 0.3 is 0 Å². The summed E-state index contributed by atoms with van der Waals surface area (Å²) in [4.78, 5) is 11.8. The number of fused-ring (bicyclic) bond motifs is 1. The number of rotatable bonds is 2. The summed E-state index contributed by atoms with van der Waals surface area (Å²) >= 11 is 4.66. The van der Waals surface area contributed by atoms with Crippen LogP contribution >= 0.6 is 23.4 Å². The maximum atomic E-state index is 11.2. The normalized spacial score (nSPS) is 16.2. The number of amides is 1. The highest BCUT2D eigenvalue weighted by molar-refractivity contribution is 8.00. The maximum Gasteiger partial charge on any atom is 0.234 e. The molecule has 1 aromatic carbocycles. The van der Waals surface area contributed by atoms with Crippen molar-refractivity contribution in [2.75, 3.05) is 15.8 Å². The zero-order chi connectivity index (χ0) is 11.7. The zero-order valence-electron chi connectivity index (χ0n) is 7.78. The third kappa shape index (κ3) is 2.49. The van der Waals surface area contributed by atoms with Gasteiger partial charge < -0.3 is 14.6 Å². The Hall–Kier alpha value is -0.760. The van der Waals surface area contributed by atoms with Crippen molar-refractivity contribution in [1.29, 1.82) is 0 Å². The van der Waals surface area contributed by atoms with Gasteiger partial charge in [-0.25, -0.2) is 0 Å². The lowest BCUT2D eigenvalue weighted by Gasteiger charge is -2.21. The molecule has 5 nitrogen and oxygen atoms in total. The molecule has 0 saturated heterocycles. The summed E-state index contributed by atoms with van der Waals surface area (Å²) in [5.74, 6) is 0.128. The van der Waals surface area contributed by atoms with E-state index in [1.807, 2.05) is 0 Å².